The van der Waals surface area contributed by atoms with E-state index in [9.17, 15) is 4.79 Å². The Morgan fingerprint density at radius 3 is 2.47 bits per heavy atom. The summed E-state index contributed by atoms with van der Waals surface area (Å²) < 4.78 is 5.25. The van der Waals surface area contributed by atoms with Crippen LogP contribution in [0.3, 0.4) is 0 Å². The Morgan fingerprint density at radius 2 is 2.12 bits per heavy atom. The molecule has 0 aliphatic heterocycles. The first-order valence-electron chi connectivity index (χ1n) is 6.91. The van der Waals surface area contributed by atoms with E-state index >= 15 is 0 Å². The molecule has 0 radical (unpaired) electrons. The van der Waals surface area contributed by atoms with Gasteiger partial charge < -0.3 is 10.5 Å². The van der Waals surface area contributed by atoms with Crippen LogP contribution < -0.4 is 5.73 Å². The Morgan fingerprint density at radius 1 is 1.47 bits per heavy atom. The van der Waals surface area contributed by atoms with E-state index in [0.29, 0.717) is 25.0 Å². The molecule has 1 fully saturated rings. The van der Waals surface area contributed by atoms with Crippen molar-refractivity contribution in [3.63, 3.8) is 0 Å². The lowest BCUT2D eigenvalue weighted by atomic mass is 9.68. The number of esters is 1. The van der Waals surface area contributed by atoms with Crippen LogP contribution in [0, 0.1) is 17.3 Å². The normalized spacial score (nSPS) is 19.8. The summed E-state index contributed by atoms with van der Waals surface area (Å²) in [6.45, 7) is 7.01. The maximum absolute atomic E-state index is 12.2. The van der Waals surface area contributed by atoms with Crippen molar-refractivity contribution in [1.29, 1.82) is 0 Å². The number of carbonyl (C=O) groups is 1. The quantitative estimate of drug-likeness (QED) is 0.697. The van der Waals surface area contributed by atoms with Crippen molar-refractivity contribution in [2.75, 3.05) is 13.2 Å². The van der Waals surface area contributed by atoms with E-state index in [1.165, 1.54) is 19.3 Å². The van der Waals surface area contributed by atoms with Gasteiger partial charge in [0, 0.05) is 6.54 Å². The number of rotatable bonds is 7. The van der Waals surface area contributed by atoms with Gasteiger partial charge in [-0.15, -0.1) is 0 Å². The maximum atomic E-state index is 12.2. The summed E-state index contributed by atoms with van der Waals surface area (Å²) >= 11 is 0. The number of hydrogen-bond acceptors (Lipinski definition) is 3. The molecule has 2 N–H and O–H groups in total. The highest BCUT2D eigenvalue weighted by Gasteiger charge is 2.42. The van der Waals surface area contributed by atoms with Crippen molar-refractivity contribution in [1.82, 2.24) is 0 Å². The minimum Gasteiger partial charge on any atom is -0.466 e. The molecule has 0 aromatic heterocycles. The molecule has 1 atom stereocenters. The number of carbonyl (C=O) groups excluding carboxylic acids is 1. The summed E-state index contributed by atoms with van der Waals surface area (Å²) in [7, 11) is 0. The van der Waals surface area contributed by atoms with Crippen LogP contribution in [0.5, 0.6) is 0 Å². The molecular formula is C14H27NO2. The summed E-state index contributed by atoms with van der Waals surface area (Å²) in [6, 6.07) is 0. The lowest BCUT2D eigenvalue weighted by Gasteiger charge is -2.38. The maximum Gasteiger partial charge on any atom is 0.313 e. The van der Waals surface area contributed by atoms with Crippen LogP contribution in [0.4, 0.5) is 0 Å². The van der Waals surface area contributed by atoms with Crippen molar-refractivity contribution < 1.29 is 9.53 Å². The highest BCUT2D eigenvalue weighted by Crippen LogP contribution is 2.41. The molecule has 0 aromatic carbocycles. The first-order valence-corrected chi connectivity index (χ1v) is 6.91. The van der Waals surface area contributed by atoms with E-state index in [1.807, 2.05) is 6.92 Å². The molecule has 1 aliphatic carbocycles. The van der Waals surface area contributed by atoms with Gasteiger partial charge in [0.05, 0.1) is 12.0 Å². The van der Waals surface area contributed by atoms with Crippen LogP contribution in [0.2, 0.25) is 0 Å². The zero-order chi connectivity index (χ0) is 12.9. The smallest absolute Gasteiger partial charge is 0.313 e. The second-order valence-corrected chi connectivity index (χ2v) is 5.80. The minimum atomic E-state index is -0.435. The Labute approximate surface area is 105 Å². The lowest BCUT2D eigenvalue weighted by Crippen LogP contribution is -2.43. The molecule has 100 valence electrons. The Bertz CT molecular complexity index is 249. The molecule has 0 amide bonds. The largest absolute Gasteiger partial charge is 0.466 e. The average molecular weight is 241 g/mol. The van der Waals surface area contributed by atoms with Gasteiger partial charge >= 0.3 is 5.97 Å². The topological polar surface area (TPSA) is 52.3 Å². The van der Waals surface area contributed by atoms with E-state index in [2.05, 4.69) is 13.8 Å². The zero-order valence-electron chi connectivity index (χ0n) is 11.5. The monoisotopic (exact) mass is 241 g/mol. The first kappa shape index (κ1) is 14.5. The van der Waals surface area contributed by atoms with Crippen LogP contribution in [-0.2, 0) is 9.53 Å². The molecule has 0 bridgehead atoms. The molecule has 0 heterocycles. The van der Waals surface area contributed by atoms with Crippen LogP contribution >= 0.6 is 0 Å². The molecular weight excluding hydrogens is 214 g/mol. The SMILES string of the molecule is CCOC(=O)C(CN)(CC(C)C)CC1CCC1. The molecule has 3 nitrogen and oxygen atoms in total. The van der Waals surface area contributed by atoms with E-state index in [-0.39, 0.29) is 5.97 Å². The molecule has 0 spiro atoms. The van der Waals surface area contributed by atoms with Gasteiger partial charge in [0.1, 0.15) is 0 Å². The second kappa shape index (κ2) is 6.39. The summed E-state index contributed by atoms with van der Waals surface area (Å²) in [4.78, 5) is 12.2. The first-order chi connectivity index (χ1) is 8.04. The van der Waals surface area contributed by atoms with E-state index in [4.69, 9.17) is 10.5 Å². The van der Waals surface area contributed by atoms with Gasteiger partial charge in [-0.05, 0) is 31.6 Å². The van der Waals surface area contributed by atoms with Crippen LogP contribution in [-0.4, -0.2) is 19.1 Å². The number of hydrogen-bond donors (Lipinski definition) is 1. The molecule has 1 saturated carbocycles. The van der Waals surface area contributed by atoms with E-state index < -0.39 is 5.41 Å². The predicted octanol–water partition coefficient (Wildman–Crippen LogP) is 2.73. The van der Waals surface area contributed by atoms with Crippen molar-refractivity contribution in [2.45, 2.75) is 52.9 Å². The van der Waals surface area contributed by atoms with Crippen LogP contribution in [0.1, 0.15) is 52.9 Å². The van der Waals surface area contributed by atoms with Gasteiger partial charge in [-0.2, -0.15) is 0 Å². The molecule has 3 heteroatoms. The zero-order valence-corrected chi connectivity index (χ0v) is 11.5. The number of ether oxygens (including phenoxy) is 1. The Hall–Kier alpha value is -0.570. The predicted molar refractivity (Wildman–Crippen MR) is 69.5 cm³/mol. The van der Waals surface area contributed by atoms with Crippen molar-refractivity contribution in [2.24, 2.45) is 23.0 Å². The average Bonchev–Trinajstić information content (AvgIpc) is 2.21. The third kappa shape index (κ3) is 3.70. The van der Waals surface area contributed by atoms with E-state index in [1.54, 1.807) is 0 Å². The summed E-state index contributed by atoms with van der Waals surface area (Å²) in [5.41, 5.74) is 5.48. The summed E-state index contributed by atoms with van der Waals surface area (Å²) in [5.74, 6) is 1.08. The molecule has 1 rings (SSSR count). The van der Waals surface area contributed by atoms with Crippen LogP contribution in [0.25, 0.3) is 0 Å². The second-order valence-electron chi connectivity index (χ2n) is 5.80. The fraction of sp³-hybridized carbons (Fsp3) is 0.929. The summed E-state index contributed by atoms with van der Waals surface area (Å²) in [5, 5.41) is 0. The molecule has 0 saturated heterocycles. The van der Waals surface area contributed by atoms with Gasteiger partial charge in [-0.25, -0.2) is 0 Å². The molecule has 1 unspecified atom stereocenters. The third-order valence-corrected chi connectivity index (χ3v) is 3.80. The van der Waals surface area contributed by atoms with Gasteiger partial charge in [0.25, 0.3) is 0 Å². The molecule has 17 heavy (non-hydrogen) atoms. The Balaban J connectivity index is 2.73. The van der Waals surface area contributed by atoms with Gasteiger partial charge in [0.15, 0.2) is 0 Å². The fourth-order valence-electron chi connectivity index (χ4n) is 2.82. The lowest BCUT2D eigenvalue weighted by molar-refractivity contribution is -0.157. The minimum absolute atomic E-state index is 0.0805. The fourth-order valence-corrected chi connectivity index (χ4v) is 2.82. The standard InChI is InChI=1S/C14H27NO2/c1-4-17-13(16)14(10-15,8-11(2)3)9-12-6-5-7-12/h11-12H,4-10,15H2,1-3H3. The summed E-state index contributed by atoms with van der Waals surface area (Å²) in [6.07, 6.45) is 5.56. The molecule has 0 aromatic rings. The van der Waals surface area contributed by atoms with Gasteiger partial charge in [-0.3, -0.25) is 4.79 Å². The van der Waals surface area contributed by atoms with Crippen molar-refractivity contribution in [3.05, 3.63) is 0 Å². The van der Waals surface area contributed by atoms with Crippen molar-refractivity contribution >= 4 is 5.97 Å². The van der Waals surface area contributed by atoms with Crippen LogP contribution in [0.15, 0.2) is 0 Å². The highest BCUT2D eigenvalue weighted by atomic mass is 16.5. The molecule has 1 aliphatic rings. The highest BCUT2D eigenvalue weighted by molar-refractivity contribution is 5.77. The third-order valence-electron chi connectivity index (χ3n) is 3.80. The number of nitrogens with two attached hydrogens (primary N) is 1. The van der Waals surface area contributed by atoms with Gasteiger partial charge in [0.2, 0.25) is 0 Å². The van der Waals surface area contributed by atoms with Crippen molar-refractivity contribution in [3.8, 4) is 0 Å². The van der Waals surface area contributed by atoms with Gasteiger partial charge in [-0.1, -0.05) is 33.1 Å². The van der Waals surface area contributed by atoms with E-state index in [0.717, 1.165) is 12.8 Å². The Kier molecular flexibility index (Phi) is 5.44.